The lowest BCUT2D eigenvalue weighted by Gasteiger charge is -2.07. The minimum atomic E-state index is -0.265. The maximum Gasteiger partial charge on any atom is 0.0906 e. The second-order valence-electron chi connectivity index (χ2n) is 2.86. The van der Waals surface area contributed by atoms with Gasteiger partial charge in [-0.25, -0.2) is 0 Å². The molecule has 3 nitrogen and oxygen atoms in total. The van der Waals surface area contributed by atoms with Crippen molar-refractivity contribution in [3.8, 4) is 0 Å². The van der Waals surface area contributed by atoms with Crippen molar-refractivity contribution in [1.82, 2.24) is 0 Å². The highest BCUT2D eigenvalue weighted by Crippen LogP contribution is 2.05. The van der Waals surface area contributed by atoms with Crippen molar-refractivity contribution in [3.63, 3.8) is 0 Å². The van der Waals surface area contributed by atoms with E-state index in [1.54, 1.807) is 0 Å². The SMILES string of the molecule is CCCCC(O)CCC(=N)N. The summed E-state index contributed by atoms with van der Waals surface area (Å²) in [6, 6.07) is 0. The van der Waals surface area contributed by atoms with E-state index in [0.29, 0.717) is 12.8 Å². The molecule has 0 aliphatic rings. The van der Waals surface area contributed by atoms with Gasteiger partial charge in [-0.05, 0) is 12.8 Å². The minimum absolute atomic E-state index is 0.167. The van der Waals surface area contributed by atoms with Crippen molar-refractivity contribution in [2.24, 2.45) is 5.73 Å². The summed E-state index contributed by atoms with van der Waals surface area (Å²) < 4.78 is 0. The zero-order valence-corrected chi connectivity index (χ0v) is 7.14. The van der Waals surface area contributed by atoms with Crippen LogP contribution >= 0.6 is 0 Å². The fraction of sp³-hybridized carbons (Fsp3) is 0.875. The summed E-state index contributed by atoms with van der Waals surface area (Å²) in [7, 11) is 0. The fourth-order valence-corrected chi connectivity index (χ4v) is 0.906. The molecule has 0 heterocycles. The van der Waals surface area contributed by atoms with Gasteiger partial charge in [0.2, 0.25) is 0 Å². The van der Waals surface area contributed by atoms with E-state index in [1.165, 1.54) is 0 Å². The highest BCUT2D eigenvalue weighted by molar-refractivity contribution is 5.76. The Morgan fingerprint density at radius 3 is 2.64 bits per heavy atom. The molecule has 1 unspecified atom stereocenters. The maximum atomic E-state index is 9.28. The topological polar surface area (TPSA) is 70.1 Å². The maximum absolute atomic E-state index is 9.28. The van der Waals surface area contributed by atoms with E-state index >= 15 is 0 Å². The van der Waals surface area contributed by atoms with Crippen LogP contribution in [-0.2, 0) is 0 Å². The summed E-state index contributed by atoms with van der Waals surface area (Å²) in [5.74, 6) is 0.167. The number of hydrogen-bond donors (Lipinski definition) is 3. The summed E-state index contributed by atoms with van der Waals surface area (Å²) in [5.41, 5.74) is 5.14. The first-order valence-corrected chi connectivity index (χ1v) is 4.17. The minimum Gasteiger partial charge on any atom is -0.393 e. The molecule has 3 heteroatoms. The molecule has 0 aromatic carbocycles. The second-order valence-corrected chi connectivity index (χ2v) is 2.86. The molecule has 0 saturated carbocycles. The number of aliphatic hydroxyl groups is 1. The van der Waals surface area contributed by atoms with Crippen LogP contribution in [0, 0.1) is 5.41 Å². The van der Waals surface area contributed by atoms with Crippen LogP contribution in [0.4, 0.5) is 0 Å². The number of rotatable bonds is 6. The summed E-state index contributed by atoms with van der Waals surface area (Å²) in [6.45, 7) is 2.09. The lowest BCUT2D eigenvalue weighted by Crippen LogP contribution is -2.14. The molecule has 1 atom stereocenters. The molecular formula is C8H18N2O. The Bertz CT molecular complexity index is 115. The molecule has 0 saturated heterocycles. The Labute approximate surface area is 68.1 Å². The van der Waals surface area contributed by atoms with Crippen molar-refractivity contribution in [1.29, 1.82) is 5.41 Å². The molecule has 0 spiro atoms. The summed E-state index contributed by atoms with van der Waals surface area (Å²) in [6.07, 6.45) is 3.89. The predicted octanol–water partition coefficient (Wildman–Crippen LogP) is 1.25. The molecular weight excluding hydrogens is 140 g/mol. The van der Waals surface area contributed by atoms with Crippen molar-refractivity contribution in [2.45, 2.75) is 45.1 Å². The molecule has 0 rings (SSSR count). The molecule has 4 N–H and O–H groups in total. The molecule has 0 aromatic heterocycles. The van der Waals surface area contributed by atoms with E-state index in [-0.39, 0.29) is 11.9 Å². The fourth-order valence-electron chi connectivity index (χ4n) is 0.906. The number of hydrogen-bond acceptors (Lipinski definition) is 2. The smallest absolute Gasteiger partial charge is 0.0906 e. The third-order valence-corrected chi connectivity index (χ3v) is 1.64. The zero-order valence-electron chi connectivity index (χ0n) is 7.14. The number of nitrogens with two attached hydrogens (primary N) is 1. The summed E-state index contributed by atoms with van der Waals surface area (Å²) in [5, 5.41) is 16.2. The first-order chi connectivity index (χ1) is 5.16. The average molecular weight is 158 g/mol. The average Bonchev–Trinajstić information content (AvgIpc) is 1.97. The van der Waals surface area contributed by atoms with Crippen molar-refractivity contribution in [3.05, 3.63) is 0 Å². The normalized spacial score (nSPS) is 12.9. The molecule has 0 aromatic rings. The first-order valence-electron chi connectivity index (χ1n) is 4.17. The van der Waals surface area contributed by atoms with Gasteiger partial charge in [-0.1, -0.05) is 19.8 Å². The van der Waals surface area contributed by atoms with Crippen molar-refractivity contribution >= 4 is 5.84 Å². The van der Waals surface area contributed by atoms with Gasteiger partial charge < -0.3 is 10.8 Å². The second kappa shape index (κ2) is 6.16. The van der Waals surface area contributed by atoms with Gasteiger partial charge in [0.15, 0.2) is 0 Å². The van der Waals surface area contributed by atoms with Crippen LogP contribution in [0.2, 0.25) is 0 Å². The van der Waals surface area contributed by atoms with Gasteiger partial charge in [-0.3, -0.25) is 5.41 Å². The van der Waals surface area contributed by atoms with Crippen LogP contribution in [0.1, 0.15) is 39.0 Å². The van der Waals surface area contributed by atoms with E-state index in [9.17, 15) is 5.11 Å². The van der Waals surface area contributed by atoms with Gasteiger partial charge >= 0.3 is 0 Å². The molecule has 66 valence electrons. The molecule has 0 amide bonds. The van der Waals surface area contributed by atoms with Gasteiger partial charge in [-0.2, -0.15) is 0 Å². The van der Waals surface area contributed by atoms with Crippen LogP contribution in [-0.4, -0.2) is 17.0 Å². The zero-order chi connectivity index (χ0) is 8.69. The summed E-state index contributed by atoms with van der Waals surface area (Å²) >= 11 is 0. The van der Waals surface area contributed by atoms with Gasteiger partial charge in [0, 0.05) is 6.42 Å². The lowest BCUT2D eigenvalue weighted by molar-refractivity contribution is 0.154. The van der Waals surface area contributed by atoms with Crippen molar-refractivity contribution < 1.29 is 5.11 Å². The quantitative estimate of drug-likeness (QED) is 0.402. The Morgan fingerprint density at radius 2 is 2.18 bits per heavy atom. The van der Waals surface area contributed by atoms with Gasteiger partial charge in [-0.15, -0.1) is 0 Å². The Hall–Kier alpha value is -0.570. The molecule has 0 fully saturated rings. The Balaban J connectivity index is 3.22. The number of amidine groups is 1. The highest BCUT2D eigenvalue weighted by atomic mass is 16.3. The molecule has 0 aliphatic carbocycles. The molecule has 0 radical (unpaired) electrons. The predicted molar refractivity (Wildman–Crippen MR) is 46.7 cm³/mol. The standard InChI is InChI=1S/C8H18N2O/c1-2-3-4-7(11)5-6-8(9)10/h7,11H,2-6H2,1H3,(H3,9,10). The lowest BCUT2D eigenvalue weighted by atomic mass is 10.1. The van der Waals surface area contributed by atoms with E-state index in [1.807, 2.05) is 0 Å². The van der Waals surface area contributed by atoms with E-state index < -0.39 is 0 Å². The van der Waals surface area contributed by atoms with Crippen LogP contribution in [0.15, 0.2) is 0 Å². The van der Waals surface area contributed by atoms with Crippen LogP contribution in [0.3, 0.4) is 0 Å². The highest BCUT2D eigenvalue weighted by Gasteiger charge is 2.02. The third-order valence-electron chi connectivity index (χ3n) is 1.64. The molecule has 0 aliphatic heterocycles. The van der Waals surface area contributed by atoms with Crippen LogP contribution < -0.4 is 5.73 Å². The summed E-state index contributed by atoms with van der Waals surface area (Å²) in [4.78, 5) is 0. The van der Waals surface area contributed by atoms with Gasteiger partial charge in [0.1, 0.15) is 0 Å². The molecule has 0 bridgehead atoms. The Morgan fingerprint density at radius 1 is 1.55 bits per heavy atom. The largest absolute Gasteiger partial charge is 0.393 e. The van der Waals surface area contributed by atoms with Gasteiger partial charge in [0.05, 0.1) is 11.9 Å². The third kappa shape index (κ3) is 7.33. The van der Waals surface area contributed by atoms with Crippen molar-refractivity contribution in [2.75, 3.05) is 0 Å². The monoisotopic (exact) mass is 158 g/mol. The number of nitrogens with one attached hydrogen (secondary N) is 1. The van der Waals surface area contributed by atoms with Crippen LogP contribution in [0.25, 0.3) is 0 Å². The van der Waals surface area contributed by atoms with Gasteiger partial charge in [0.25, 0.3) is 0 Å². The molecule has 11 heavy (non-hydrogen) atoms. The first kappa shape index (κ1) is 10.4. The van der Waals surface area contributed by atoms with Crippen LogP contribution in [0.5, 0.6) is 0 Å². The number of unbranched alkanes of at least 4 members (excludes halogenated alkanes) is 1. The number of aliphatic hydroxyl groups excluding tert-OH is 1. The van der Waals surface area contributed by atoms with E-state index in [0.717, 1.165) is 19.3 Å². The van der Waals surface area contributed by atoms with E-state index in [4.69, 9.17) is 11.1 Å². The van der Waals surface area contributed by atoms with E-state index in [2.05, 4.69) is 6.92 Å². The Kier molecular flexibility index (Phi) is 5.84.